The molecular weight excluding hydrogens is 779 g/mol. The summed E-state index contributed by atoms with van der Waals surface area (Å²) < 4.78 is 46.1. The molecule has 3 aromatic rings. The predicted octanol–water partition coefficient (Wildman–Crippen LogP) is 6.28. The number of rotatable bonds is 20. The molecule has 1 radical (unpaired) electrons. The van der Waals surface area contributed by atoms with E-state index in [1.807, 2.05) is 48.8 Å². The average molecular weight is 820 g/mol. The third kappa shape index (κ3) is 23.3. The molecule has 247 valence electrons. The van der Waals surface area contributed by atoms with Gasteiger partial charge in [0.25, 0.3) is 0 Å². The zero-order chi connectivity index (χ0) is 33.5. The molecule has 46 heavy (non-hydrogen) atoms. The fourth-order valence-electron chi connectivity index (χ4n) is 4.62. The summed E-state index contributed by atoms with van der Waals surface area (Å²) in [5.41, 5.74) is 3.76. The smallest absolute Gasteiger partial charge is 0 e. The van der Waals surface area contributed by atoms with Gasteiger partial charge >= 0.3 is 33.9 Å². The van der Waals surface area contributed by atoms with E-state index >= 15 is 0 Å². The van der Waals surface area contributed by atoms with Crippen LogP contribution in [0.2, 0.25) is 0 Å². The van der Waals surface area contributed by atoms with Crippen LogP contribution in [0.15, 0.2) is 73.1 Å². The van der Waals surface area contributed by atoms with Crippen molar-refractivity contribution in [1.29, 1.82) is 0 Å². The summed E-state index contributed by atoms with van der Waals surface area (Å²) >= 11 is -2.32. The zero-order valence-electron chi connectivity index (χ0n) is 25.9. The molecule has 1 aromatic carbocycles. The van der Waals surface area contributed by atoms with E-state index < -0.39 is 11.3 Å². The van der Waals surface area contributed by atoms with E-state index in [4.69, 9.17) is 14.0 Å². The van der Waals surface area contributed by atoms with Gasteiger partial charge in [-0.15, -0.1) is 0 Å². The van der Waals surface area contributed by atoms with Gasteiger partial charge in [0.1, 0.15) is 5.78 Å². The molecular formula is C34H41N4O6ReS-. The maximum atomic E-state index is 12.2. The van der Waals surface area contributed by atoms with Crippen molar-refractivity contribution in [3.8, 4) is 0 Å². The number of nitrogens with one attached hydrogen (secondary N) is 1. The van der Waals surface area contributed by atoms with Crippen LogP contribution in [0.3, 0.4) is 0 Å². The minimum atomic E-state index is -2.32. The van der Waals surface area contributed by atoms with E-state index in [0.29, 0.717) is 30.7 Å². The van der Waals surface area contributed by atoms with Crippen LogP contribution in [-0.2, 0) is 70.0 Å². The molecule has 12 heteroatoms. The van der Waals surface area contributed by atoms with Gasteiger partial charge in [0.2, 0.25) is 0 Å². The summed E-state index contributed by atoms with van der Waals surface area (Å²) in [5, 5.41) is 0. The quantitative estimate of drug-likeness (QED) is 0.0612. The van der Waals surface area contributed by atoms with Gasteiger partial charge in [0.05, 0.1) is 11.4 Å². The number of hydrogen-bond acceptors (Lipinski definition) is 6. The van der Waals surface area contributed by atoms with Crippen LogP contribution >= 0.6 is 0 Å². The van der Waals surface area contributed by atoms with Crippen LogP contribution in [0, 0.1) is 20.0 Å². The number of Topliss-reactive ketones (excluding diaryl/α,β-unsaturated/α-hetero) is 1. The first-order valence-electron chi connectivity index (χ1n) is 14.7. The normalized spacial score (nSPS) is 10.3. The Labute approximate surface area is 289 Å². The fraction of sp³-hybridized carbons (Fsp3) is 0.412. The molecule has 0 saturated carbocycles. The molecule has 10 nitrogen and oxygen atoms in total. The number of ketones is 1. The van der Waals surface area contributed by atoms with E-state index in [1.165, 1.54) is 38.5 Å². The molecule has 0 fully saturated rings. The number of carbonyl (C=O) groups excluding carboxylic acids is 1. The van der Waals surface area contributed by atoms with Crippen LogP contribution < -0.4 is 4.72 Å². The first-order valence-corrected chi connectivity index (χ1v) is 15.8. The Kier molecular flexibility index (Phi) is 31.3. The molecule has 2 aromatic heterocycles. The Bertz CT molecular complexity index is 1190. The monoisotopic (exact) mass is 820 g/mol. The zero-order valence-corrected chi connectivity index (χ0v) is 29.4. The van der Waals surface area contributed by atoms with Crippen molar-refractivity contribution in [2.24, 2.45) is 0 Å². The van der Waals surface area contributed by atoms with E-state index in [0.717, 1.165) is 49.4 Å². The minimum absolute atomic E-state index is 0. The minimum Gasteiger partial charge on any atom is 0 e. The molecule has 0 aliphatic heterocycles. The van der Waals surface area contributed by atoms with E-state index in [2.05, 4.69) is 51.7 Å². The molecule has 0 spiro atoms. The van der Waals surface area contributed by atoms with Crippen molar-refractivity contribution in [2.45, 2.75) is 83.7 Å². The molecule has 0 amide bonds. The van der Waals surface area contributed by atoms with Crippen molar-refractivity contribution in [1.82, 2.24) is 14.9 Å². The van der Waals surface area contributed by atoms with Crippen LogP contribution in [0.5, 0.6) is 0 Å². The van der Waals surface area contributed by atoms with Crippen LogP contribution in [0.4, 0.5) is 5.69 Å². The topological polar surface area (TPSA) is 158 Å². The van der Waals surface area contributed by atoms with Crippen molar-refractivity contribution in [3.63, 3.8) is 0 Å². The van der Waals surface area contributed by atoms with Gasteiger partial charge < -0.3 is 9.27 Å². The van der Waals surface area contributed by atoms with E-state index in [9.17, 15) is 13.6 Å². The van der Waals surface area contributed by atoms with E-state index in [-0.39, 0.29) is 20.4 Å². The SMILES string of the molecule is O=C(CCCCCCCCCCN(Cc1ccccn1)Cc1ccccn1)CCc1ccc(NS(=O)[O-])cc1.[C-]#[O+].[C-]#[O+].[C-]#[O+].[Re]. The largest absolute Gasteiger partial charge is 0 e. The number of hydrogen-bond donors (Lipinski definition) is 1. The molecule has 0 aliphatic rings. The second-order valence-corrected chi connectivity index (χ2v) is 10.7. The number of anilines is 1. The standard InChI is InChI=1S/C31H42N4O3S.3CO.Re/c36-31(21-18-27-16-19-28(20-17-27)34-39(37)38)15-7-5-3-1-2-4-6-12-24-35(25-29-13-8-10-22-32-29)26-30-14-9-11-23-33-30;3*1-2;/h8-11,13-14,16-17,19-20,22-23,34H,1-7,12,15,18,21,24-26H2,(H,37,38);;;;/p-1. The Hall–Kier alpha value is -3.06. The fourth-order valence-corrected chi connectivity index (χ4v) is 4.95. The third-order valence-electron chi connectivity index (χ3n) is 6.75. The Morgan fingerprint density at radius 2 is 1.20 bits per heavy atom. The molecule has 3 rings (SSSR count). The van der Waals surface area contributed by atoms with Crippen molar-refractivity contribution in [2.75, 3.05) is 11.3 Å². The van der Waals surface area contributed by atoms with Crippen LogP contribution in [0.1, 0.15) is 81.2 Å². The van der Waals surface area contributed by atoms with Gasteiger partial charge in [-0.05, 0) is 67.8 Å². The Balaban J connectivity index is 0. The summed E-state index contributed by atoms with van der Waals surface area (Å²) in [6.45, 7) is 16.2. The number of aromatic nitrogens is 2. The molecule has 2 heterocycles. The summed E-state index contributed by atoms with van der Waals surface area (Å²) in [4.78, 5) is 23.6. The van der Waals surface area contributed by atoms with Gasteiger partial charge in [-0.25, -0.2) is 0 Å². The molecule has 1 N–H and O–H groups in total. The van der Waals surface area contributed by atoms with Gasteiger partial charge in [0.15, 0.2) is 0 Å². The average Bonchev–Trinajstić information content (AvgIpc) is 3.08. The van der Waals surface area contributed by atoms with Crippen molar-refractivity contribution < 1.29 is 47.9 Å². The van der Waals surface area contributed by atoms with Gasteiger partial charge in [-0.2, -0.15) is 0 Å². The number of benzene rings is 1. The van der Waals surface area contributed by atoms with E-state index in [1.54, 1.807) is 12.1 Å². The van der Waals surface area contributed by atoms with Crippen molar-refractivity contribution >= 4 is 22.7 Å². The van der Waals surface area contributed by atoms with Gasteiger partial charge in [0, 0.05) is 75.7 Å². The number of unbranched alkanes of at least 4 members (excludes halogenated alkanes) is 7. The van der Waals surface area contributed by atoms with Crippen molar-refractivity contribution in [3.05, 3.63) is 110 Å². The van der Waals surface area contributed by atoms with Gasteiger partial charge in [-0.3, -0.25) is 23.9 Å². The molecule has 0 bridgehead atoms. The Morgan fingerprint density at radius 3 is 1.65 bits per heavy atom. The second kappa shape index (κ2) is 31.9. The summed E-state index contributed by atoms with van der Waals surface area (Å²) in [6, 6.07) is 19.3. The first kappa shape index (κ1) is 45.1. The number of carbonyl (C=O) groups is 1. The first-order chi connectivity index (χ1) is 22.1. The number of aryl methyl sites for hydroxylation is 1. The van der Waals surface area contributed by atoms with Gasteiger partial charge in [-0.1, -0.05) is 62.8 Å². The number of nitrogens with zero attached hydrogens (tertiary/aromatic N) is 3. The molecule has 1 unspecified atom stereocenters. The summed E-state index contributed by atoms with van der Waals surface area (Å²) in [5.74, 6) is 0.304. The van der Waals surface area contributed by atoms with Crippen LogP contribution in [-0.4, -0.2) is 36.0 Å². The number of pyridine rings is 2. The molecule has 1 atom stereocenters. The maximum Gasteiger partial charge on any atom is 0 e. The molecule has 0 saturated heterocycles. The second-order valence-electron chi connectivity index (χ2n) is 10.0. The summed E-state index contributed by atoms with van der Waals surface area (Å²) in [7, 11) is 0. The van der Waals surface area contributed by atoms with Crippen LogP contribution in [0.25, 0.3) is 0 Å². The maximum absolute atomic E-state index is 12.2. The Morgan fingerprint density at radius 1 is 0.717 bits per heavy atom. The summed E-state index contributed by atoms with van der Waals surface area (Å²) in [6.07, 6.45) is 15.0. The molecule has 0 aliphatic carbocycles. The predicted molar refractivity (Wildman–Crippen MR) is 168 cm³/mol. The third-order valence-corrected chi connectivity index (χ3v) is 7.15.